The van der Waals surface area contributed by atoms with E-state index in [1.807, 2.05) is 0 Å². The minimum Gasteiger partial charge on any atom is -0.313 e. The van der Waals surface area contributed by atoms with Crippen LogP contribution in [0.5, 0.6) is 0 Å². The molecule has 2 unspecified atom stereocenters. The molecule has 1 aliphatic heterocycles. The zero-order valence-electron chi connectivity index (χ0n) is 6.40. The summed E-state index contributed by atoms with van der Waals surface area (Å²) in [4.78, 5) is 0. The lowest BCUT2D eigenvalue weighted by Crippen LogP contribution is -2.59. The second kappa shape index (κ2) is 2.21. The fourth-order valence-electron chi connectivity index (χ4n) is 2.36. The second-order valence-corrected chi connectivity index (χ2v) is 3.83. The van der Waals surface area contributed by atoms with E-state index in [9.17, 15) is 0 Å². The van der Waals surface area contributed by atoms with Crippen molar-refractivity contribution in [2.75, 3.05) is 6.54 Å². The van der Waals surface area contributed by atoms with Crippen molar-refractivity contribution in [1.29, 1.82) is 0 Å². The van der Waals surface area contributed by atoms with Crippen LogP contribution in [-0.4, -0.2) is 12.2 Å². The van der Waals surface area contributed by atoms with Gasteiger partial charge in [-0.1, -0.05) is 12.8 Å². The van der Waals surface area contributed by atoms with Gasteiger partial charge in [0.2, 0.25) is 0 Å². The number of rotatable bonds is 0. The molecule has 10 heavy (non-hydrogen) atoms. The number of piperidine rings is 1. The molecule has 2 heteroatoms. The fraction of sp³-hybridized carbons (Fsp3) is 1.00. The minimum absolute atomic E-state index is 0.0289. The van der Waals surface area contributed by atoms with Crippen LogP contribution in [-0.2, 0) is 0 Å². The Morgan fingerprint density at radius 2 is 2.30 bits per heavy atom. The van der Waals surface area contributed by atoms with E-state index in [1.165, 1.54) is 32.1 Å². The highest BCUT2D eigenvalue weighted by molar-refractivity contribution is 4.92. The molecule has 1 heterocycles. The number of hydrogen-bond donors (Lipinski definition) is 2. The van der Waals surface area contributed by atoms with Gasteiger partial charge >= 0.3 is 0 Å². The van der Waals surface area contributed by atoms with E-state index in [0.717, 1.165) is 12.5 Å². The summed E-state index contributed by atoms with van der Waals surface area (Å²) in [5.74, 6) is 0.931. The Kier molecular flexibility index (Phi) is 1.46. The van der Waals surface area contributed by atoms with Gasteiger partial charge in [-0.25, -0.2) is 0 Å². The molecule has 0 aromatic rings. The second-order valence-electron chi connectivity index (χ2n) is 3.83. The van der Waals surface area contributed by atoms with Gasteiger partial charge in [0.05, 0.1) is 5.66 Å². The Balaban J connectivity index is 2.07. The number of nitrogens with two attached hydrogens (primary N) is 1. The monoisotopic (exact) mass is 140 g/mol. The summed E-state index contributed by atoms with van der Waals surface area (Å²) in [6.07, 6.45) is 6.49. The molecule has 2 atom stereocenters. The van der Waals surface area contributed by atoms with Crippen molar-refractivity contribution < 1.29 is 0 Å². The molecule has 3 N–H and O–H groups in total. The molecule has 2 fully saturated rings. The summed E-state index contributed by atoms with van der Waals surface area (Å²) in [7, 11) is 0. The molecule has 2 nitrogen and oxygen atoms in total. The molecule has 58 valence electrons. The number of fused-ring (bicyclic) bond motifs is 2. The van der Waals surface area contributed by atoms with Crippen molar-refractivity contribution >= 4 is 0 Å². The molecule has 2 aliphatic rings. The van der Waals surface area contributed by atoms with Gasteiger partial charge in [0, 0.05) is 0 Å². The standard InChI is InChI=1S/C8H16N2/c9-8-4-1-2-7(6-8)3-5-10-8/h7,10H,1-6,9H2. The van der Waals surface area contributed by atoms with Crippen molar-refractivity contribution in [1.82, 2.24) is 5.32 Å². The van der Waals surface area contributed by atoms with E-state index in [2.05, 4.69) is 5.32 Å². The van der Waals surface area contributed by atoms with Gasteiger partial charge in [-0.3, -0.25) is 5.32 Å². The van der Waals surface area contributed by atoms with Gasteiger partial charge in [0.1, 0.15) is 0 Å². The van der Waals surface area contributed by atoms with E-state index in [4.69, 9.17) is 5.73 Å². The van der Waals surface area contributed by atoms with Gasteiger partial charge in [0.15, 0.2) is 0 Å². The molecule has 0 spiro atoms. The van der Waals surface area contributed by atoms with Crippen LogP contribution >= 0.6 is 0 Å². The zero-order chi connectivity index (χ0) is 7.03. The lowest BCUT2D eigenvalue weighted by molar-refractivity contribution is 0.135. The van der Waals surface area contributed by atoms with E-state index in [-0.39, 0.29) is 5.66 Å². The summed E-state index contributed by atoms with van der Waals surface area (Å²) < 4.78 is 0. The van der Waals surface area contributed by atoms with Crippen LogP contribution in [0.3, 0.4) is 0 Å². The zero-order valence-corrected chi connectivity index (χ0v) is 6.40. The first-order chi connectivity index (χ1) is 4.79. The van der Waals surface area contributed by atoms with Crippen LogP contribution in [0.2, 0.25) is 0 Å². The van der Waals surface area contributed by atoms with E-state index in [0.29, 0.717) is 0 Å². The summed E-state index contributed by atoms with van der Waals surface area (Å²) in [6, 6.07) is 0. The van der Waals surface area contributed by atoms with Crippen LogP contribution in [0.1, 0.15) is 32.1 Å². The Morgan fingerprint density at radius 3 is 3.00 bits per heavy atom. The first kappa shape index (κ1) is 6.62. The Bertz CT molecular complexity index is 123. The molecule has 1 saturated heterocycles. The van der Waals surface area contributed by atoms with Crippen LogP contribution in [0, 0.1) is 5.92 Å². The van der Waals surface area contributed by atoms with E-state index < -0.39 is 0 Å². The van der Waals surface area contributed by atoms with Crippen LogP contribution in [0.4, 0.5) is 0 Å². The predicted octanol–water partition coefficient (Wildman–Crippen LogP) is 0.825. The maximum Gasteiger partial charge on any atom is 0.0664 e. The third-order valence-corrected chi connectivity index (χ3v) is 2.92. The fourth-order valence-corrected chi connectivity index (χ4v) is 2.36. The van der Waals surface area contributed by atoms with Crippen molar-refractivity contribution in [3.05, 3.63) is 0 Å². The molecule has 0 amide bonds. The SMILES string of the molecule is NC12CCCC(CCN1)C2. The molecular weight excluding hydrogens is 124 g/mol. The lowest BCUT2D eigenvalue weighted by Gasteiger charge is -2.43. The van der Waals surface area contributed by atoms with Crippen molar-refractivity contribution in [3.8, 4) is 0 Å². The number of hydrogen-bond acceptors (Lipinski definition) is 2. The third-order valence-electron chi connectivity index (χ3n) is 2.92. The van der Waals surface area contributed by atoms with E-state index in [1.54, 1.807) is 0 Å². The first-order valence-corrected chi connectivity index (χ1v) is 4.32. The molecule has 1 aliphatic carbocycles. The van der Waals surface area contributed by atoms with Crippen LogP contribution < -0.4 is 11.1 Å². The molecule has 2 rings (SSSR count). The molecule has 1 saturated carbocycles. The molecule has 2 bridgehead atoms. The Labute approximate surface area is 62.2 Å². The molecule has 0 aromatic carbocycles. The highest BCUT2D eigenvalue weighted by Gasteiger charge is 2.35. The Hall–Kier alpha value is -0.0800. The largest absolute Gasteiger partial charge is 0.313 e. The highest BCUT2D eigenvalue weighted by atomic mass is 15.1. The van der Waals surface area contributed by atoms with Gasteiger partial charge < -0.3 is 5.73 Å². The first-order valence-electron chi connectivity index (χ1n) is 4.32. The average Bonchev–Trinajstić information content (AvgIpc) is 1.86. The maximum absolute atomic E-state index is 6.09. The summed E-state index contributed by atoms with van der Waals surface area (Å²) >= 11 is 0. The summed E-state index contributed by atoms with van der Waals surface area (Å²) in [5, 5.41) is 3.40. The van der Waals surface area contributed by atoms with Gasteiger partial charge in [-0.15, -0.1) is 0 Å². The molecule has 0 radical (unpaired) electrons. The minimum atomic E-state index is 0.0289. The summed E-state index contributed by atoms with van der Waals surface area (Å²) in [6.45, 7) is 1.14. The van der Waals surface area contributed by atoms with Crippen molar-refractivity contribution in [3.63, 3.8) is 0 Å². The van der Waals surface area contributed by atoms with Crippen LogP contribution in [0.15, 0.2) is 0 Å². The normalized spacial score (nSPS) is 47.1. The smallest absolute Gasteiger partial charge is 0.0664 e. The number of nitrogens with one attached hydrogen (secondary N) is 1. The topological polar surface area (TPSA) is 38.0 Å². The maximum atomic E-state index is 6.09. The highest BCUT2D eigenvalue weighted by Crippen LogP contribution is 2.33. The average molecular weight is 140 g/mol. The van der Waals surface area contributed by atoms with Crippen LogP contribution in [0.25, 0.3) is 0 Å². The Morgan fingerprint density at radius 1 is 1.40 bits per heavy atom. The van der Waals surface area contributed by atoms with Crippen molar-refractivity contribution in [2.45, 2.75) is 37.8 Å². The third kappa shape index (κ3) is 1.06. The quantitative estimate of drug-likeness (QED) is 0.523. The van der Waals surface area contributed by atoms with Gasteiger partial charge in [-0.2, -0.15) is 0 Å². The van der Waals surface area contributed by atoms with Gasteiger partial charge in [0.25, 0.3) is 0 Å². The predicted molar refractivity (Wildman–Crippen MR) is 41.5 cm³/mol. The lowest BCUT2D eigenvalue weighted by atomic mass is 9.77. The molecule has 0 aromatic heterocycles. The van der Waals surface area contributed by atoms with E-state index >= 15 is 0 Å². The van der Waals surface area contributed by atoms with Crippen molar-refractivity contribution in [2.24, 2.45) is 11.7 Å². The molecular formula is C8H16N2. The summed E-state index contributed by atoms with van der Waals surface area (Å²) in [5.41, 5.74) is 6.12. The van der Waals surface area contributed by atoms with Gasteiger partial charge in [-0.05, 0) is 31.7 Å².